The van der Waals surface area contributed by atoms with Crippen LogP contribution in [0.25, 0.3) is 0 Å². The van der Waals surface area contributed by atoms with Crippen molar-refractivity contribution in [1.29, 1.82) is 0 Å². The van der Waals surface area contributed by atoms with Crippen molar-refractivity contribution in [2.24, 2.45) is 17.6 Å². The maximum atomic E-state index is 13.8. The number of hydrogen-bond donors (Lipinski definition) is 10. The topological polar surface area (TPSA) is 313 Å². The van der Waals surface area contributed by atoms with Crippen molar-refractivity contribution in [2.75, 3.05) is 13.1 Å². The highest BCUT2D eigenvalue weighted by Gasteiger charge is 2.33. The summed E-state index contributed by atoms with van der Waals surface area (Å²) >= 11 is 0. The largest absolute Gasteiger partial charge is 0.480 e. The van der Waals surface area contributed by atoms with Gasteiger partial charge >= 0.3 is 5.97 Å². The van der Waals surface area contributed by atoms with Crippen LogP contribution >= 0.6 is 0 Å². The first-order valence-electron chi connectivity index (χ1n) is 19.8. The number of rotatable bonds is 24. The quantitative estimate of drug-likeness (QED) is 0.0520. The lowest BCUT2D eigenvalue weighted by Gasteiger charge is -2.28. The fraction of sp³-hybridized carbons (Fsp3) is 0.429. The second-order valence-corrected chi connectivity index (χ2v) is 15.0. The molecular weight excluding hydrogens is 807 g/mol. The molecule has 62 heavy (non-hydrogen) atoms. The van der Waals surface area contributed by atoms with E-state index in [2.05, 4.69) is 42.5 Å². The first-order valence-corrected chi connectivity index (χ1v) is 19.8. The number of primary amides is 1. The summed E-state index contributed by atoms with van der Waals surface area (Å²) in [6.45, 7) is 8.16. The van der Waals surface area contributed by atoms with Gasteiger partial charge in [0.2, 0.25) is 53.2 Å². The third-order valence-electron chi connectivity index (χ3n) is 9.10. The lowest BCUT2D eigenvalue weighted by atomic mass is 9.98. The van der Waals surface area contributed by atoms with Crippen molar-refractivity contribution in [1.82, 2.24) is 42.5 Å². The number of amides is 9. The van der Waals surface area contributed by atoms with E-state index in [0.717, 1.165) is 12.2 Å². The maximum absolute atomic E-state index is 13.8. The van der Waals surface area contributed by atoms with Crippen molar-refractivity contribution in [3.63, 3.8) is 0 Å². The molecule has 20 nitrogen and oxygen atoms in total. The van der Waals surface area contributed by atoms with Crippen LogP contribution in [-0.2, 0) is 60.8 Å². The fourth-order valence-corrected chi connectivity index (χ4v) is 5.70. The van der Waals surface area contributed by atoms with Gasteiger partial charge in [0.15, 0.2) is 0 Å². The third-order valence-corrected chi connectivity index (χ3v) is 9.10. The molecule has 0 spiro atoms. The Morgan fingerprint density at radius 3 is 1.53 bits per heavy atom. The number of carbonyl (C=O) groups is 10. The molecule has 2 aromatic rings. The molecule has 0 bridgehead atoms. The second kappa shape index (κ2) is 25.5. The van der Waals surface area contributed by atoms with Crippen LogP contribution in [0.3, 0.4) is 0 Å². The number of nitrogens with two attached hydrogens (primary N) is 1. The van der Waals surface area contributed by atoms with Crippen molar-refractivity contribution >= 4 is 59.1 Å². The maximum Gasteiger partial charge on any atom is 0.326 e. The molecule has 336 valence electrons. The molecular formula is C42H57N9O11. The van der Waals surface area contributed by atoms with Crippen molar-refractivity contribution in [2.45, 2.75) is 90.6 Å². The van der Waals surface area contributed by atoms with Crippen LogP contribution in [0.15, 0.2) is 72.8 Å². The number of nitrogens with one attached hydrogen (secondary N) is 8. The normalized spacial score (nSPS) is 13.9. The number of hydrogen-bond acceptors (Lipinski definition) is 10. The van der Waals surface area contributed by atoms with E-state index in [1.807, 2.05) is 0 Å². The van der Waals surface area contributed by atoms with Gasteiger partial charge in [0.25, 0.3) is 0 Å². The number of carboxylic acid groups (broad SMARTS) is 1. The zero-order valence-electron chi connectivity index (χ0n) is 35.5. The van der Waals surface area contributed by atoms with E-state index in [9.17, 15) is 53.1 Å². The van der Waals surface area contributed by atoms with Crippen LogP contribution in [0, 0.1) is 11.8 Å². The minimum Gasteiger partial charge on any atom is -0.480 e. The van der Waals surface area contributed by atoms with E-state index in [1.165, 1.54) is 13.8 Å². The smallest absolute Gasteiger partial charge is 0.326 e. The van der Waals surface area contributed by atoms with Crippen LogP contribution in [0.2, 0.25) is 0 Å². The highest BCUT2D eigenvalue weighted by molar-refractivity contribution is 6.01. The SMILES string of the molecule is CC(=O)NC[C@H](NC(=O)/C=C/C(=O)N[C@@H](C)C(=O)NCC(=O)N[C@@H](Cc1ccccc1)C(=O)O)C(=O)N[C@@H](Cc1ccccc1)C(=O)N[C@H](C(=O)N[C@H](C(N)=O)C(C)C)C(C)C. The second-order valence-electron chi connectivity index (χ2n) is 15.0. The Bertz CT molecular complexity index is 1940. The zero-order valence-corrected chi connectivity index (χ0v) is 35.5. The minimum atomic E-state index is -1.49. The molecule has 20 heteroatoms. The van der Waals surface area contributed by atoms with Crippen LogP contribution in [0.1, 0.15) is 52.7 Å². The van der Waals surface area contributed by atoms with Crippen molar-refractivity contribution in [3.05, 3.63) is 83.9 Å². The monoisotopic (exact) mass is 863 g/mol. The Kier molecular flexibility index (Phi) is 21.0. The van der Waals surface area contributed by atoms with Crippen molar-refractivity contribution < 1.29 is 53.1 Å². The van der Waals surface area contributed by atoms with Crippen LogP contribution in [0.5, 0.6) is 0 Å². The Balaban J connectivity index is 2.11. The predicted octanol–water partition coefficient (Wildman–Crippen LogP) is -1.91. The van der Waals surface area contributed by atoms with Gasteiger partial charge in [0, 0.05) is 38.5 Å². The van der Waals surface area contributed by atoms with E-state index in [4.69, 9.17) is 5.73 Å². The van der Waals surface area contributed by atoms with Gasteiger partial charge in [-0.15, -0.1) is 0 Å². The lowest BCUT2D eigenvalue weighted by molar-refractivity contribution is -0.141. The van der Waals surface area contributed by atoms with Gasteiger partial charge in [-0.25, -0.2) is 4.79 Å². The molecule has 11 N–H and O–H groups in total. The van der Waals surface area contributed by atoms with E-state index < -0.39 is 114 Å². The summed E-state index contributed by atoms with van der Waals surface area (Å²) in [5, 5.41) is 29.0. The standard InChI is InChI=1S/C42H57N9O11/c1-23(2)35(37(43)56)50-41(60)36(24(3)4)51-39(58)29(19-27-13-9-7-10-14-27)49-40(59)31(21-44-26(6)52)48-33(54)18-17-32(53)46-25(5)38(57)45-22-34(55)47-30(42(61)62)20-28-15-11-8-12-16-28/h7-18,23-25,29-31,35-36H,19-22H2,1-6H3,(H2,43,56)(H,44,52)(H,45,57)(H,46,53)(H,47,55)(H,48,54)(H,49,59)(H,50,60)(H,51,58)(H,61,62)/b18-17+/t25-,29-,30-,31-,35-,36-/m0/s1. The summed E-state index contributed by atoms with van der Waals surface area (Å²) in [5.41, 5.74) is 6.76. The summed E-state index contributed by atoms with van der Waals surface area (Å²) < 4.78 is 0. The predicted molar refractivity (Wildman–Crippen MR) is 225 cm³/mol. The Hall–Kier alpha value is -7.12. The molecule has 2 aromatic carbocycles. The molecule has 0 saturated carbocycles. The molecule has 0 saturated heterocycles. The number of carbonyl (C=O) groups excluding carboxylic acids is 9. The number of benzene rings is 2. The molecule has 0 aliphatic carbocycles. The minimum absolute atomic E-state index is 0.00772. The van der Waals surface area contributed by atoms with Gasteiger partial charge in [-0.2, -0.15) is 0 Å². The van der Waals surface area contributed by atoms with Gasteiger partial charge < -0.3 is 53.4 Å². The van der Waals surface area contributed by atoms with Gasteiger partial charge in [0.05, 0.1) is 6.54 Å². The number of aliphatic carboxylic acids is 1. The molecule has 0 aliphatic rings. The van der Waals surface area contributed by atoms with E-state index in [1.54, 1.807) is 88.4 Å². The van der Waals surface area contributed by atoms with E-state index >= 15 is 0 Å². The molecule has 0 radical (unpaired) electrons. The molecule has 0 fully saturated rings. The molecule has 0 aromatic heterocycles. The molecule has 6 atom stereocenters. The van der Waals surface area contributed by atoms with Crippen LogP contribution in [-0.4, -0.2) is 114 Å². The molecule has 0 heterocycles. The average Bonchev–Trinajstić information content (AvgIpc) is 3.21. The summed E-state index contributed by atoms with van der Waals surface area (Å²) in [4.78, 5) is 127. The van der Waals surface area contributed by atoms with Crippen molar-refractivity contribution in [3.8, 4) is 0 Å². The Morgan fingerprint density at radius 1 is 0.565 bits per heavy atom. The molecule has 2 rings (SSSR count). The molecule has 9 amide bonds. The average molecular weight is 864 g/mol. The number of carboxylic acids is 1. The third kappa shape index (κ3) is 18.4. The van der Waals surface area contributed by atoms with Crippen LogP contribution in [0.4, 0.5) is 0 Å². The van der Waals surface area contributed by atoms with E-state index in [-0.39, 0.29) is 18.8 Å². The summed E-state index contributed by atoms with van der Waals surface area (Å²) in [5.74, 6) is -9.24. The highest BCUT2D eigenvalue weighted by Crippen LogP contribution is 2.10. The van der Waals surface area contributed by atoms with Crippen LogP contribution < -0.4 is 48.3 Å². The van der Waals surface area contributed by atoms with E-state index in [0.29, 0.717) is 11.1 Å². The lowest BCUT2D eigenvalue weighted by Crippen LogP contribution is -2.61. The molecule has 0 aliphatic heterocycles. The summed E-state index contributed by atoms with van der Waals surface area (Å²) in [6.07, 6.45) is 1.48. The first kappa shape index (κ1) is 51.0. The first-order chi connectivity index (χ1) is 29.2. The summed E-state index contributed by atoms with van der Waals surface area (Å²) in [6, 6.07) is 9.75. The fourth-order valence-electron chi connectivity index (χ4n) is 5.70. The van der Waals surface area contributed by atoms with Gasteiger partial charge in [-0.05, 0) is 29.9 Å². The van der Waals surface area contributed by atoms with Gasteiger partial charge in [0.1, 0.15) is 36.3 Å². The Labute approximate surface area is 359 Å². The molecule has 0 unspecified atom stereocenters. The zero-order chi connectivity index (χ0) is 46.5. The van der Waals surface area contributed by atoms with Gasteiger partial charge in [-0.3, -0.25) is 43.2 Å². The van der Waals surface area contributed by atoms with Gasteiger partial charge in [-0.1, -0.05) is 88.4 Å². The highest BCUT2D eigenvalue weighted by atomic mass is 16.4. The Morgan fingerprint density at radius 2 is 1.05 bits per heavy atom. The summed E-state index contributed by atoms with van der Waals surface area (Å²) in [7, 11) is 0.